The minimum absolute atomic E-state index is 0.0103. The third kappa shape index (κ3) is 6.27. The molecule has 2 atom stereocenters. The highest BCUT2D eigenvalue weighted by Crippen LogP contribution is 2.42. The lowest BCUT2D eigenvalue weighted by atomic mass is 10.1. The first-order valence-corrected chi connectivity index (χ1v) is 15.6. The van der Waals surface area contributed by atoms with Crippen LogP contribution in [0.25, 0.3) is 0 Å². The van der Waals surface area contributed by atoms with Crippen molar-refractivity contribution in [3.8, 4) is 5.75 Å². The lowest BCUT2D eigenvalue weighted by Gasteiger charge is -2.43. The average molecular weight is 648 g/mol. The van der Waals surface area contributed by atoms with E-state index in [-0.39, 0.29) is 66.2 Å². The van der Waals surface area contributed by atoms with E-state index < -0.39 is 33.0 Å². The van der Waals surface area contributed by atoms with Crippen molar-refractivity contribution < 1.29 is 45.0 Å². The smallest absolute Gasteiger partial charge is 0.465 e. The van der Waals surface area contributed by atoms with Crippen LogP contribution in [0.3, 0.4) is 0 Å². The molecule has 15 heteroatoms. The van der Waals surface area contributed by atoms with Gasteiger partial charge in [-0.25, -0.2) is 12.8 Å². The van der Waals surface area contributed by atoms with Crippen molar-refractivity contribution in [2.24, 2.45) is 0 Å². The third-order valence-electron chi connectivity index (χ3n) is 8.21. The molecule has 3 aliphatic rings. The first-order chi connectivity index (χ1) is 20.3. The van der Waals surface area contributed by atoms with Crippen LogP contribution in [0.4, 0.5) is 23.2 Å². The molecular formula is C28H30ClF4N3O6S. The molecule has 234 valence electrons. The Kier molecular flexibility index (Phi) is 8.83. The summed E-state index contributed by atoms with van der Waals surface area (Å²) in [5.41, 5.74) is 0.693. The van der Waals surface area contributed by atoms with Crippen LogP contribution in [0.1, 0.15) is 36.0 Å². The number of rotatable bonds is 7. The Morgan fingerprint density at radius 3 is 2.21 bits per heavy atom. The number of piperazine rings is 1. The Morgan fingerprint density at radius 1 is 0.977 bits per heavy atom. The van der Waals surface area contributed by atoms with E-state index >= 15 is 0 Å². The third-order valence-corrected chi connectivity index (χ3v) is 10.8. The van der Waals surface area contributed by atoms with Crippen LogP contribution < -0.4 is 9.64 Å². The molecule has 3 saturated heterocycles. The summed E-state index contributed by atoms with van der Waals surface area (Å²) in [6.07, 6.45) is -3.83. The molecule has 3 aliphatic heterocycles. The zero-order valence-electron chi connectivity index (χ0n) is 23.1. The van der Waals surface area contributed by atoms with Gasteiger partial charge in [0, 0.05) is 45.4 Å². The quantitative estimate of drug-likeness (QED) is 0.327. The van der Waals surface area contributed by atoms with E-state index in [0.29, 0.717) is 29.4 Å². The minimum Gasteiger partial charge on any atom is -0.465 e. The molecule has 0 N–H and O–H groups in total. The molecule has 0 aliphatic carbocycles. The number of amides is 2. The summed E-state index contributed by atoms with van der Waals surface area (Å²) in [7, 11) is -2.52. The van der Waals surface area contributed by atoms with Crippen molar-refractivity contribution in [2.45, 2.75) is 54.1 Å². The molecule has 0 spiro atoms. The summed E-state index contributed by atoms with van der Waals surface area (Å²) in [6.45, 7) is -0.100. The number of ether oxygens (including phenoxy) is 2. The monoisotopic (exact) mass is 647 g/mol. The highest BCUT2D eigenvalue weighted by Gasteiger charge is 2.46. The molecule has 3 fully saturated rings. The number of alkyl halides is 3. The zero-order chi connectivity index (χ0) is 31.1. The van der Waals surface area contributed by atoms with Gasteiger partial charge in [0.1, 0.15) is 11.6 Å². The fourth-order valence-electron chi connectivity index (χ4n) is 6.16. The van der Waals surface area contributed by atoms with Gasteiger partial charge in [-0.2, -0.15) is 13.2 Å². The fraction of sp³-hybridized carbons (Fsp3) is 0.500. The summed E-state index contributed by atoms with van der Waals surface area (Å²) in [4.78, 5) is 29.2. The second-order valence-corrected chi connectivity index (χ2v) is 13.5. The van der Waals surface area contributed by atoms with Crippen LogP contribution in [0, 0.1) is 5.82 Å². The maximum absolute atomic E-state index is 13.7. The Balaban J connectivity index is 1.38. The second kappa shape index (κ2) is 12.1. The molecule has 0 aromatic heterocycles. The van der Waals surface area contributed by atoms with Gasteiger partial charge in [-0.3, -0.25) is 9.59 Å². The van der Waals surface area contributed by atoms with E-state index in [1.807, 2.05) is 4.90 Å². The highest BCUT2D eigenvalue weighted by atomic mass is 35.5. The first-order valence-electron chi connectivity index (χ1n) is 13.7. The Morgan fingerprint density at radius 2 is 1.63 bits per heavy atom. The molecule has 2 aromatic carbocycles. The van der Waals surface area contributed by atoms with Crippen molar-refractivity contribution in [3.63, 3.8) is 0 Å². The number of sulfone groups is 1. The normalized spacial score (nSPS) is 21.3. The number of hydrogen-bond acceptors (Lipinski definition) is 7. The molecule has 0 radical (unpaired) electrons. The van der Waals surface area contributed by atoms with Gasteiger partial charge in [0.05, 0.1) is 26.4 Å². The number of hydrogen-bond donors (Lipinski definition) is 0. The van der Waals surface area contributed by atoms with Crippen LogP contribution in [-0.2, 0) is 19.4 Å². The summed E-state index contributed by atoms with van der Waals surface area (Å²) in [5, 5.41) is -0.948. The fourth-order valence-corrected chi connectivity index (χ4v) is 8.15. The number of benzene rings is 2. The molecule has 43 heavy (non-hydrogen) atoms. The lowest BCUT2D eigenvalue weighted by Crippen LogP contribution is -2.55. The van der Waals surface area contributed by atoms with E-state index in [0.717, 1.165) is 18.9 Å². The van der Waals surface area contributed by atoms with Crippen LogP contribution in [-0.4, -0.2) is 93.6 Å². The predicted molar refractivity (Wildman–Crippen MR) is 148 cm³/mol. The number of halogens is 5. The number of nitrogens with zero attached hydrogens (tertiary/aromatic N) is 3. The Labute approximate surface area is 251 Å². The van der Waals surface area contributed by atoms with E-state index in [4.69, 9.17) is 21.1 Å². The van der Waals surface area contributed by atoms with Gasteiger partial charge < -0.3 is 24.2 Å². The molecule has 2 bridgehead atoms. The van der Waals surface area contributed by atoms with E-state index in [9.17, 15) is 35.6 Å². The van der Waals surface area contributed by atoms with Crippen LogP contribution >= 0.6 is 11.6 Å². The Hall–Kier alpha value is -3.10. The number of methoxy groups -OCH3 is 1. The van der Waals surface area contributed by atoms with Crippen molar-refractivity contribution >= 4 is 38.9 Å². The molecule has 9 nitrogen and oxygen atoms in total. The number of likely N-dealkylation sites (tertiary alicyclic amines) is 2. The average Bonchev–Trinajstić information content (AvgIpc) is 3.23. The SMILES string of the molecule is COCOc1ccc(S(=O)(=O)C2CCN(C(=O)C(F)(F)F)CC2)cc1N1C2CCC1CN(C(=O)c1ccc(F)cc1Cl)C2. The maximum atomic E-state index is 13.7. The van der Waals surface area contributed by atoms with Crippen LogP contribution in [0.2, 0.25) is 5.02 Å². The number of anilines is 1. The standard InChI is InChI=1S/C28H30ClF4N3O6S/c1-41-16-42-25-7-5-21(43(39,40)20-8-10-34(11-9-20)27(38)28(31,32)33)13-24(25)36-18-3-4-19(36)15-35(14-18)26(37)22-6-2-17(30)12-23(22)29/h2,5-7,12-13,18-20H,3-4,8-11,14-16H2,1H3. The van der Waals surface area contributed by atoms with Gasteiger partial charge in [-0.15, -0.1) is 0 Å². The highest BCUT2D eigenvalue weighted by molar-refractivity contribution is 7.92. The van der Waals surface area contributed by atoms with Gasteiger partial charge >= 0.3 is 12.1 Å². The van der Waals surface area contributed by atoms with E-state index in [1.54, 1.807) is 4.90 Å². The summed E-state index contributed by atoms with van der Waals surface area (Å²) >= 11 is 6.14. The van der Waals surface area contributed by atoms with Gasteiger partial charge in [-0.05, 0) is 62.1 Å². The number of fused-ring (bicyclic) bond motifs is 2. The lowest BCUT2D eigenvalue weighted by molar-refractivity contribution is -0.186. The largest absolute Gasteiger partial charge is 0.471 e. The molecule has 0 saturated carbocycles. The molecular weight excluding hydrogens is 618 g/mol. The van der Waals surface area contributed by atoms with Crippen molar-refractivity contribution in [1.29, 1.82) is 0 Å². The van der Waals surface area contributed by atoms with Gasteiger partial charge in [-0.1, -0.05) is 11.6 Å². The zero-order valence-corrected chi connectivity index (χ0v) is 24.7. The maximum Gasteiger partial charge on any atom is 0.471 e. The topological polar surface area (TPSA) is 96.5 Å². The van der Waals surface area contributed by atoms with Gasteiger partial charge in [0.25, 0.3) is 5.91 Å². The van der Waals surface area contributed by atoms with Crippen LogP contribution in [0.5, 0.6) is 5.75 Å². The van der Waals surface area contributed by atoms with E-state index in [2.05, 4.69) is 0 Å². The summed E-state index contributed by atoms with van der Waals surface area (Å²) < 4.78 is 90.3. The molecule has 5 rings (SSSR count). The van der Waals surface area contributed by atoms with Gasteiger partial charge in [0.2, 0.25) is 0 Å². The molecule has 2 amide bonds. The van der Waals surface area contributed by atoms with Crippen molar-refractivity contribution in [1.82, 2.24) is 9.80 Å². The van der Waals surface area contributed by atoms with Gasteiger partial charge in [0.15, 0.2) is 16.6 Å². The van der Waals surface area contributed by atoms with Crippen molar-refractivity contribution in [2.75, 3.05) is 45.0 Å². The molecule has 3 heterocycles. The second-order valence-electron chi connectivity index (χ2n) is 10.8. The predicted octanol–water partition coefficient (Wildman–Crippen LogP) is 4.28. The van der Waals surface area contributed by atoms with E-state index in [1.165, 1.54) is 37.4 Å². The summed E-state index contributed by atoms with van der Waals surface area (Å²) in [6, 6.07) is 7.68. The number of piperidine rings is 1. The Bertz CT molecular complexity index is 1490. The summed E-state index contributed by atoms with van der Waals surface area (Å²) in [5.74, 6) is -2.47. The van der Waals surface area contributed by atoms with Crippen LogP contribution in [0.15, 0.2) is 41.3 Å². The van der Waals surface area contributed by atoms with Crippen molar-refractivity contribution in [3.05, 3.63) is 52.8 Å². The molecule has 2 unspecified atom stereocenters. The molecule has 2 aromatic rings. The minimum atomic E-state index is -5.02. The first kappa shape index (κ1) is 31.3. The number of carbonyl (C=O) groups is 2. The number of carbonyl (C=O) groups excluding carboxylic acids is 2.